The van der Waals surface area contributed by atoms with Crippen LogP contribution in [0.5, 0.6) is 0 Å². The Hall–Kier alpha value is -2.60. The Morgan fingerprint density at radius 3 is 2.43 bits per heavy atom. The number of para-hydroxylation sites is 1. The van der Waals surface area contributed by atoms with E-state index in [1.807, 2.05) is 36.4 Å². The first-order valence-corrected chi connectivity index (χ1v) is 7.10. The average Bonchev–Trinajstić information content (AvgIpc) is 2.59. The molecular weight excluding hydrogens is 300 g/mol. The number of alkyl halides is 2. The van der Waals surface area contributed by atoms with Crippen molar-refractivity contribution in [1.29, 1.82) is 0 Å². The molecule has 0 atom stereocenters. The van der Waals surface area contributed by atoms with E-state index in [0.717, 1.165) is 5.56 Å². The first-order valence-electron chi connectivity index (χ1n) is 7.10. The van der Waals surface area contributed by atoms with Crippen LogP contribution in [0, 0.1) is 0 Å². The molecule has 0 amide bonds. The molecule has 0 bridgehead atoms. The van der Waals surface area contributed by atoms with Gasteiger partial charge in [0.05, 0.1) is 12.1 Å². The Bertz CT molecular complexity index is 796. The number of rotatable bonds is 5. The highest BCUT2D eigenvalue weighted by atomic mass is 19.3. The van der Waals surface area contributed by atoms with Crippen LogP contribution in [0.15, 0.2) is 54.6 Å². The van der Waals surface area contributed by atoms with E-state index in [2.05, 4.69) is 9.97 Å². The van der Waals surface area contributed by atoms with Gasteiger partial charge in [0, 0.05) is 12.4 Å². The monoisotopic (exact) mass is 315 g/mol. The summed E-state index contributed by atoms with van der Waals surface area (Å²) in [6.07, 6.45) is -2.74. The number of hydroxylamine groups is 1. The van der Waals surface area contributed by atoms with E-state index < -0.39 is 12.2 Å². The van der Waals surface area contributed by atoms with Gasteiger partial charge in [-0.05, 0) is 17.7 Å². The van der Waals surface area contributed by atoms with Crippen molar-refractivity contribution in [3.63, 3.8) is 0 Å². The van der Waals surface area contributed by atoms with Crippen molar-refractivity contribution >= 4 is 16.7 Å². The van der Waals surface area contributed by atoms with Crippen LogP contribution in [0.4, 0.5) is 14.6 Å². The number of benzene rings is 2. The first kappa shape index (κ1) is 15.3. The van der Waals surface area contributed by atoms with Crippen molar-refractivity contribution in [3.8, 4) is 0 Å². The van der Waals surface area contributed by atoms with Crippen LogP contribution in [-0.4, -0.2) is 17.0 Å². The number of anilines is 1. The first-order chi connectivity index (χ1) is 11.1. The lowest BCUT2D eigenvalue weighted by atomic mass is 10.2. The van der Waals surface area contributed by atoms with Crippen LogP contribution < -0.4 is 5.06 Å². The lowest BCUT2D eigenvalue weighted by molar-refractivity contribution is 0.105. The van der Waals surface area contributed by atoms with E-state index in [1.165, 1.54) is 5.06 Å². The minimum Gasteiger partial charge on any atom is -0.267 e. The molecule has 0 aliphatic rings. The molecule has 2 aromatic carbocycles. The van der Waals surface area contributed by atoms with Crippen LogP contribution in [0.25, 0.3) is 10.9 Å². The van der Waals surface area contributed by atoms with E-state index in [9.17, 15) is 8.78 Å². The zero-order chi connectivity index (χ0) is 16.2. The third-order valence-corrected chi connectivity index (χ3v) is 3.36. The topological polar surface area (TPSA) is 38.2 Å². The molecule has 4 nitrogen and oxygen atoms in total. The third kappa shape index (κ3) is 3.43. The predicted octanol–water partition coefficient (Wildman–Crippen LogP) is 4.14. The predicted molar refractivity (Wildman–Crippen MR) is 84.1 cm³/mol. The highest BCUT2D eigenvalue weighted by Gasteiger charge is 2.17. The van der Waals surface area contributed by atoms with Gasteiger partial charge in [-0.1, -0.05) is 42.5 Å². The normalized spacial score (nSPS) is 11.1. The number of hydrogen-bond acceptors (Lipinski definition) is 4. The Morgan fingerprint density at radius 1 is 1.00 bits per heavy atom. The highest BCUT2D eigenvalue weighted by Crippen LogP contribution is 2.26. The number of halogens is 2. The number of hydrogen-bond donors (Lipinski definition) is 0. The van der Waals surface area contributed by atoms with Crippen molar-refractivity contribution in [2.45, 2.75) is 13.0 Å². The van der Waals surface area contributed by atoms with Gasteiger partial charge in [-0.2, -0.15) is 0 Å². The lowest BCUT2D eigenvalue weighted by Crippen LogP contribution is -2.20. The second-order valence-electron chi connectivity index (χ2n) is 4.98. The van der Waals surface area contributed by atoms with E-state index in [0.29, 0.717) is 23.3 Å². The minimum atomic E-state index is -2.74. The standard InChI is InChI=1S/C17H15F2N3O/c1-22(23-11-12-7-3-2-4-8-12)17-13-9-5-6-10-14(13)20-16(21-17)15(18)19/h2-10,15H,11H2,1H3. The van der Waals surface area contributed by atoms with Crippen LogP contribution >= 0.6 is 0 Å². The quantitative estimate of drug-likeness (QED) is 0.663. The molecular formula is C17H15F2N3O. The molecule has 0 fully saturated rings. The Kier molecular flexibility index (Phi) is 4.43. The molecule has 3 aromatic rings. The summed E-state index contributed by atoms with van der Waals surface area (Å²) in [4.78, 5) is 13.5. The summed E-state index contributed by atoms with van der Waals surface area (Å²) < 4.78 is 26.0. The maximum Gasteiger partial charge on any atom is 0.297 e. The second kappa shape index (κ2) is 6.66. The molecule has 0 aliphatic carbocycles. The number of nitrogens with zero attached hydrogens (tertiary/aromatic N) is 3. The van der Waals surface area contributed by atoms with Gasteiger partial charge >= 0.3 is 0 Å². The van der Waals surface area contributed by atoms with Gasteiger partial charge in [0.2, 0.25) is 0 Å². The molecule has 0 radical (unpaired) electrons. The second-order valence-corrected chi connectivity index (χ2v) is 4.98. The summed E-state index contributed by atoms with van der Waals surface area (Å²) >= 11 is 0. The molecule has 0 saturated heterocycles. The molecule has 0 spiro atoms. The largest absolute Gasteiger partial charge is 0.297 e. The van der Waals surface area contributed by atoms with Gasteiger partial charge in [-0.15, -0.1) is 0 Å². The smallest absolute Gasteiger partial charge is 0.267 e. The molecule has 0 saturated carbocycles. The average molecular weight is 315 g/mol. The van der Waals surface area contributed by atoms with Crippen molar-refractivity contribution in [2.75, 3.05) is 12.1 Å². The van der Waals surface area contributed by atoms with Crippen molar-refractivity contribution < 1.29 is 13.6 Å². The molecule has 1 heterocycles. The highest BCUT2D eigenvalue weighted by molar-refractivity contribution is 5.89. The fourth-order valence-corrected chi connectivity index (χ4v) is 2.22. The maximum atomic E-state index is 13.0. The van der Waals surface area contributed by atoms with Crippen LogP contribution in [0.2, 0.25) is 0 Å². The molecule has 6 heteroatoms. The zero-order valence-corrected chi connectivity index (χ0v) is 12.5. The van der Waals surface area contributed by atoms with E-state index in [1.54, 1.807) is 25.2 Å². The maximum absolute atomic E-state index is 13.0. The van der Waals surface area contributed by atoms with Crippen molar-refractivity contribution in [1.82, 2.24) is 9.97 Å². The van der Waals surface area contributed by atoms with Gasteiger partial charge < -0.3 is 0 Å². The molecule has 0 aliphatic heterocycles. The summed E-state index contributed by atoms with van der Waals surface area (Å²) in [6.45, 7) is 0.319. The van der Waals surface area contributed by atoms with E-state index in [-0.39, 0.29) is 0 Å². The molecule has 0 N–H and O–H groups in total. The van der Waals surface area contributed by atoms with Gasteiger partial charge in [-0.3, -0.25) is 4.84 Å². The van der Waals surface area contributed by atoms with Crippen molar-refractivity contribution in [3.05, 3.63) is 66.0 Å². The van der Waals surface area contributed by atoms with Crippen LogP contribution in [-0.2, 0) is 11.4 Å². The molecule has 3 rings (SSSR count). The number of aromatic nitrogens is 2. The fraction of sp³-hybridized carbons (Fsp3) is 0.176. The van der Waals surface area contributed by atoms with Gasteiger partial charge in [0.15, 0.2) is 11.6 Å². The fourth-order valence-electron chi connectivity index (χ4n) is 2.22. The van der Waals surface area contributed by atoms with Crippen molar-refractivity contribution in [2.24, 2.45) is 0 Å². The Labute approximate surface area is 132 Å². The Morgan fingerprint density at radius 2 is 1.70 bits per heavy atom. The summed E-state index contributed by atoms with van der Waals surface area (Å²) in [7, 11) is 1.65. The molecule has 1 aromatic heterocycles. The Balaban J connectivity index is 1.91. The minimum absolute atomic E-state index is 0.319. The molecule has 118 valence electrons. The van der Waals surface area contributed by atoms with Crippen LogP contribution in [0.3, 0.4) is 0 Å². The summed E-state index contributed by atoms with van der Waals surface area (Å²) in [5.74, 6) is -0.185. The van der Waals surface area contributed by atoms with E-state index in [4.69, 9.17) is 4.84 Å². The zero-order valence-electron chi connectivity index (χ0n) is 12.5. The molecule has 23 heavy (non-hydrogen) atoms. The molecule has 0 unspecified atom stereocenters. The van der Waals surface area contributed by atoms with Gasteiger partial charge in [0.1, 0.15) is 0 Å². The number of fused-ring (bicyclic) bond motifs is 1. The lowest BCUT2D eigenvalue weighted by Gasteiger charge is -2.20. The van der Waals surface area contributed by atoms with Crippen LogP contribution in [0.1, 0.15) is 17.8 Å². The summed E-state index contributed by atoms with van der Waals surface area (Å²) in [5.41, 5.74) is 1.44. The summed E-state index contributed by atoms with van der Waals surface area (Å²) in [5, 5.41) is 2.07. The third-order valence-electron chi connectivity index (χ3n) is 3.36. The summed E-state index contributed by atoms with van der Waals surface area (Å²) in [6, 6.07) is 16.6. The SMILES string of the molecule is CN(OCc1ccccc1)c1nc(C(F)F)nc2ccccc12. The van der Waals surface area contributed by atoms with E-state index >= 15 is 0 Å². The van der Waals surface area contributed by atoms with Gasteiger partial charge in [-0.25, -0.2) is 23.8 Å². The van der Waals surface area contributed by atoms with Gasteiger partial charge in [0.25, 0.3) is 6.43 Å².